The van der Waals surface area contributed by atoms with Gasteiger partial charge in [0.1, 0.15) is 6.04 Å². The Kier molecular flexibility index (Phi) is 6.50. The lowest BCUT2D eigenvalue weighted by Gasteiger charge is -2.19. The lowest BCUT2D eigenvalue weighted by molar-refractivity contribution is -0.145. The lowest BCUT2D eigenvalue weighted by atomic mass is 10.0. The molecule has 0 aliphatic carbocycles. The standard InChI is InChI=1S/C27H26N6O5/c1-14-10-19-21(11-15(14)2)33(24-23(30-19)25(35)32-27(37)31-24)9-8-22(34)29-20(26(36)38-3)12-16-13-28-18-7-5-4-6-17(16)18/h4-7,10-11,13,20,28H,8-9,12H2,1-3H3,(H,29,34)(H,32,35,37). The van der Waals surface area contributed by atoms with E-state index in [2.05, 4.69) is 25.3 Å². The summed E-state index contributed by atoms with van der Waals surface area (Å²) in [6.07, 6.45) is 2.01. The smallest absolute Gasteiger partial charge is 0.349 e. The van der Waals surface area contributed by atoms with Gasteiger partial charge in [-0.15, -0.1) is 0 Å². The first-order valence-corrected chi connectivity index (χ1v) is 12.1. The van der Waals surface area contributed by atoms with Crippen molar-refractivity contribution in [2.45, 2.75) is 39.3 Å². The van der Waals surface area contributed by atoms with E-state index in [9.17, 15) is 19.2 Å². The fourth-order valence-electron chi connectivity index (χ4n) is 4.61. The van der Waals surface area contributed by atoms with Crippen LogP contribution in [0.1, 0.15) is 23.1 Å². The average molecular weight is 515 g/mol. The van der Waals surface area contributed by atoms with Gasteiger partial charge in [-0.05, 0) is 48.7 Å². The molecule has 3 heterocycles. The SMILES string of the molecule is COC(=O)C(Cc1c[nH]c2ccccc12)NC(=O)CCn1c2nc(=O)[nH]c(=O)c-2nc2cc(C)c(C)cc21. The highest BCUT2D eigenvalue weighted by Crippen LogP contribution is 2.24. The Bertz CT molecular complexity index is 1780. The molecule has 1 atom stereocenters. The largest absolute Gasteiger partial charge is 0.467 e. The summed E-state index contributed by atoms with van der Waals surface area (Å²) < 4.78 is 6.59. The van der Waals surface area contributed by atoms with Crippen molar-refractivity contribution >= 4 is 33.8 Å². The van der Waals surface area contributed by atoms with Gasteiger partial charge in [-0.1, -0.05) is 18.2 Å². The molecule has 0 saturated carbocycles. The molecular formula is C27H26N6O5. The molecule has 0 fully saturated rings. The van der Waals surface area contributed by atoms with Gasteiger partial charge in [0.05, 0.1) is 18.1 Å². The molecule has 1 aromatic heterocycles. The van der Waals surface area contributed by atoms with Gasteiger partial charge < -0.3 is 19.6 Å². The van der Waals surface area contributed by atoms with Crippen molar-refractivity contribution in [3.05, 3.63) is 80.1 Å². The Balaban J connectivity index is 1.43. The zero-order valence-corrected chi connectivity index (χ0v) is 21.1. The molecule has 38 heavy (non-hydrogen) atoms. The van der Waals surface area contributed by atoms with Crippen LogP contribution in [-0.2, 0) is 27.3 Å². The lowest BCUT2D eigenvalue weighted by Crippen LogP contribution is -2.43. The van der Waals surface area contributed by atoms with Gasteiger partial charge in [0, 0.05) is 36.5 Å². The summed E-state index contributed by atoms with van der Waals surface area (Å²) >= 11 is 0. The normalized spacial score (nSPS) is 12.2. The number of carbonyl (C=O) groups is 2. The highest BCUT2D eigenvalue weighted by atomic mass is 16.5. The molecule has 0 bridgehead atoms. The number of rotatable bonds is 7. The zero-order valence-electron chi connectivity index (χ0n) is 21.1. The van der Waals surface area contributed by atoms with Gasteiger partial charge in [0.25, 0.3) is 5.56 Å². The maximum atomic E-state index is 13.1. The van der Waals surface area contributed by atoms with Crippen molar-refractivity contribution in [1.82, 2.24) is 29.8 Å². The number of para-hydroxylation sites is 1. The van der Waals surface area contributed by atoms with E-state index in [0.29, 0.717) is 11.0 Å². The second kappa shape index (κ2) is 9.92. The number of hydrogen-bond donors (Lipinski definition) is 3. The topological polar surface area (TPSA) is 152 Å². The maximum Gasteiger partial charge on any atom is 0.349 e. The van der Waals surface area contributed by atoms with E-state index in [1.807, 2.05) is 56.4 Å². The second-order valence-electron chi connectivity index (χ2n) is 9.19. The Morgan fingerprint density at radius 3 is 2.66 bits per heavy atom. The number of benzene rings is 2. The molecule has 2 aliphatic heterocycles. The minimum atomic E-state index is -0.901. The van der Waals surface area contributed by atoms with E-state index in [0.717, 1.165) is 27.6 Å². The van der Waals surface area contributed by atoms with Crippen LogP contribution in [0.15, 0.2) is 52.2 Å². The molecule has 1 unspecified atom stereocenters. The Hall–Kier alpha value is -4.80. The number of carbonyl (C=O) groups excluding carboxylic acids is 2. The Morgan fingerprint density at radius 2 is 1.87 bits per heavy atom. The van der Waals surface area contributed by atoms with Gasteiger partial charge in [0.15, 0.2) is 11.5 Å². The quantitative estimate of drug-likeness (QED) is 0.222. The van der Waals surface area contributed by atoms with Gasteiger partial charge in [-0.2, -0.15) is 4.98 Å². The number of esters is 1. The molecule has 11 heteroatoms. The molecule has 2 aromatic carbocycles. The van der Waals surface area contributed by atoms with Crippen LogP contribution in [0.2, 0.25) is 0 Å². The monoisotopic (exact) mass is 514 g/mol. The van der Waals surface area contributed by atoms with E-state index in [4.69, 9.17) is 4.74 Å². The molecule has 5 rings (SSSR count). The first kappa shape index (κ1) is 24.9. The average Bonchev–Trinajstić information content (AvgIpc) is 3.30. The van der Waals surface area contributed by atoms with Crippen LogP contribution in [0, 0.1) is 13.8 Å². The summed E-state index contributed by atoms with van der Waals surface area (Å²) in [5.74, 6) is -0.876. The van der Waals surface area contributed by atoms with Gasteiger partial charge >= 0.3 is 11.7 Å². The highest BCUT2D eigenvalue weighted by Gasteiger charge is 2.24. The van der Waals surface area contributed by atoms with Crippen LogP contribution in [0.3, 0.4) is 0 Å². The molecule has 0 spiro atoms. The zero-order chi connectivity index (χ0) is 27.0. The van der Waals surface area contributed by atoms with Crippen LogP contribution < -0.4 is 16.6 Å². The summed E-state index contributed by atoms with van der Waals surface area (Å²) in [6, 6.07) is 10.5. The van der Waals surface area contributed by atoms with E-state index in [1.165, 1.54) is 7.11 Å². The van der Waals surface area contributed by atoms with Gasteiger partial charge in [0.2, 0.25) is 5.91 Å². The van der Waals surface area contributed by atoms with E-state index in [1.54, 1.807) is 4.57 Å². The Labute approximate surface area is 216 Å². The predicted octanol–water partition coefficient (Wildman–Crippen LogP) is 1.97. The third-order valence-corrected chi connectivity index (χ3v) is 6.71. The van der Waals surface area contributed by atoms with Crippen LogP contribution in [0.25, 0.3) is 33.5 Å². The molecule has 3 N–H and O–H groups in total. The van der Waals surface area contributed by atoms with Crippen molar-refractivity contribution in [2.75, 3.05) is 7.11 Å². The summed E-state index contributed by atoms with van der Waals surface area (Å²) in [6.45, 7) is 3.97. The minimum absolute atomic E-state index is 0.00698. The number of methoxy groups -OCH3 is 1. The fraction of sp³-hybridized carbons (Fsp3) is 0.259. The van der Waals surface area contributed by atoms with Crippen molar-refractivity contribution < 1.29 is 14.3 Å². The molecule has 1 amide bonds. The molecule has 194 valence electrons. The van der Waals surface area contributed by atoms with Gasteiger partial charge in [-0.3, -0.25) is 14.6 Å². The number of hydrogen-bond acceptors (Lipinski definition) is 7. The summed E-state index contributed by atoms with van der Waals surface area (Å²) in [4.78, 5) is 63.8. The molecule has 11 nitrogen and oxygen atoms in total. The second-order valence-corrected chi connectivity index (χ2v) is 9.19. The number of fused-ring (bicyclic) bond motifs is 3. The first-order chi connectivity index (χ1) is 18.2. The van der Waals surface area contributed by atoms with Crippen molar-refractivity contribution in [3.8, 4) is 11.5 Å². The van der Waals surface area contributed by atoms with E-state index < -0.39 is 29.2 Å². The first-order valence-electron chi connectivity index (χ1n) is 12.1. The number of H-pyrrole nitrogens is 2. The number of aromatic nitrogens is 5. The third-order valence-electron chi connectivity index (χ3n) is 6.71. The predicted molar refractivity (Wildman–Crippen MR) is 141 cm³/mol. The minimum Gasteiger partial charge on any atom is -0.467 e. The van der Waals surface area contributed by atoms with Crippen LogP contribution in [-0.4, -0.2) is 49.5 Å². The number of aryl methyl sites for hydroxylation is 3. The van der Waals surface area contributed by atoms with E-state index >= 15 is 0 Å². The summed E-state index contributed by atoms with van der Waals surface area (Å²) in [5, 5.41) is 3.73. The van der Waals surface area contributed by atoms with Crippen LogP contribution in [0.4, 0.5) is 0 Å². The van der Waals surface area contributed by atoms with Gasteiger partial charge in [-0.25, -0.2) is 14.6 Å². The molecular weight excluding hydrogens is 488 g/mol. The number of ether oxygens (including phenoxy) is 1. The highest BCUT2D eigenvalue weighted by molar-refractivity contribution is 5.87. The van der Waals surface area contributed by atoms with Crippen molar-refractivity contribution in [1.29, 1.82) is 0 Å². The summed E-state index contributed by atoms with van der Waals surface area (Å²) in [5.41, 5.74) is 3.49. The third kappa shape index (κ3) is 4.65. The number of amides is 1. The fourth-order valence-corrected chi connectivity index (χ4v) is 4.61. The molecule has 2 aliphatic rings. The Morgan fingerprint density at radius 1 is 1.11 bits per heavy atom. The van der Waals surface area contributed by atoms with E-state index in [-0.39, 0.29) is 30.9 Å². The van der Waals surface area contributed by atoms with Crippen LogP contribution >= 0.6 is 0 Å². The number of nitrogens with one attached hydrogen (secondary N) is 3. The summed E-state index contributed by atoms with van der Waals surface area (Å²) in [7, 11) is 1.27. The molecule has 3 aromatic rings. The number of aromatic amines is 2. The van der Waals surface area contributed by atoms with Crippen molar-refractivity contribution in [3.63, 3.8) is 0 Å². The maximum absolute atomic E-state index is 13.1. The van der Waals surface area contributed by atoms with Crippen molar-refractivity contribution in [2.24, 2.45) is 0 Å². The molecule has 0 radical (unpaired) electrons. The number of nitrogens with zero attached hydrogens (tertiary/aromatic N) is 3. The van der Waals surface area contributed by atoms with Crippen LogP contribution in [0.5, 0.6) is 0 Å². The molecule has 0 saturated heterocycles.